The average molecular weight is 261 g/mol. The van der Waals surface area contributed by atoms with Crippen LogP contribution in [0, 0.1) is 0 Å². The van der Waals surface area contributed by atoms with Crippen molar-refractivity contribution in [2.24, 2.45) is 0 Å². The van der Waals surface area contributed by atoms with Gasteiger partial charge in [0, 0.05) is 6.54 Å². The van der Waals surface area contributed by atoms with Crippen molar-refractivity contribution in [1.29, 1.82) is 0 Å². The van der Waals surface area contributed by atoms with Gasteiger partial charge in [-0.15, -0.1) is 0 Å². The Labute approximate surface area is 108 Å². The van der Waals surface area contributed by atoms with Crippen molar-refractivity contribution < 1.29 is 24.2 Å². The zero-order valence-corrected chi connectivity index (χ0v) is 11.6. The molecule has 6 nitrogen and oxygen atoms in total. The van der Waals surface area contributed by atoms with Crippen LogP contribution in [-0.4, -0.2) is 61.4 Å². The van der Waals surface area contributed by atoms with Crippen LogP contribution in [0.2, 0.25) is 0 Å². The molecule has 0 bridgehead atoms. The van der Waals surface area contributed by atoms with Gasteiger partial charge < -0.3 is 14.6 Å². The van der Waals surface area contributed by atoms with E-state index in [0.29, 0.717) is 12.8 Å². The van der Waals surface area contributed by atoms with E-state index in [1.165, 1.54) is 19.1 Å². The van der Waals surface area contributed by atoms with Crippen molar-refractivity contribution in [1.82, 2.24) is 4.90 Å². The molecule has 0 unspecified atom stereocenters. The summed E-state index contributed by atoms with van der Waals surface area (Å²) in [6.45, 7) is 3.85. The normalized spacial score (nSPS) is 11.4. The highest BCUT2D eigenvalue weighted by molar-refractivity contribution is 5.74. The highest BCUT2D eigenvalue weighted by Gasteiger charge is 2.28. The molecule has 0 heterocycles. The highest BCUT2D eigenvalue weighted by Crippen LogP contribution is 2.16. The van der Waals surface area contributed by atoms with E-state index in [9.17, 15) is 14.7 Å². The molecule has 0 fully saturated rings. The van der Waals surface area contributed by atoms with Gasteiger partial charge in [-0.2, -0.15) is 0 Å². The van der Waals surface area contributed by atoms with Crippen LogP contribution in [0.4, 0.5) is 0 Å². The maximum atomic E-state index is 11.3. The van der Waals surface area contributed by atoms with Crippen LogP contribution in [0.3, 0.4) is 0 Å². The number of hydrogen-bond donors (Lipinski definition) is 1. The third kappa shape index (κ3) is 5.97. The molecule has 0 aliphatic carbocycles. The molecule has 1 N–H and O–H groups in total. The number of aliphatic hydroxyl groups is 1. The molecule has 0 aliphatic heterocycles. The predicted molar refractivity (Wildman–Crippen MR) is 66.0 cm³/mol. The van der Waals surface area contributed by atoms with Crippen LogP contribution < -0.4 is 0 Å². The number of hydrogen-bond acceptors (Lipinski definition) is 6. The molecule has 0 saturated carbocycles. The number of nitrogens with zero attached hydrogens (tertiary/aromatic N) is 1. The monoisotopic (exact) mass is 261 g/mol. The van der Waals surface area contributed by atoms with Gasteiger partial charge >= 0.3 is 11.9 Å². The van der Waals surface area contributed by atoms with Gasteiger partial charge in [0.25, 0.3) is 0 Å². The summed E-state index contributed by atoms with van der Waals surface area (Å²) in [4.78, 5) is 24.0. The lowest BCUT2D eigenvalue weighted by Gasteiger charge is -2.31. The molecule has 18 heavy (non-hydrogen) atoms. The fraction of sp³-hybridized carbons (Fsp3) is 0.833. The highest BCUT2D eigenvalue weighted by atomic mass is 16.5. The predicted octanol–water partition coefficient (Wildman–Crippen LogP) is 0.185. The zero-order chi connectivity index (χ0) is 14.2. The summed E-state index contributed by atoms with van der Waals surface area (Å²) in [6.07, 6.45) is 1.09. The third-order valence-corrected chi connectivity index (χ3v) is 2.99. The lowest BCUT2D eigenvalue weighted by atomic mass is 9.97. The standard InChI is InChI=1S/C12H23NO5/c1-5-12(16,6-2)9-13(7-10(14)17-3)8-11(15)18-4/h16H,5-9H2,1-4H3. The van der Waals surface area contributed by atoms with E-state index >= 15 is 0 Å². The summed E-state index contributed by atoms with van der Waals surface area (Å²) in [5, 5.41) is 10.2. The summed E-state index contributed by atoms with van der Waals surface area (Å²) < 4.78 is 9.13. The van der Waals surface area contributed by atoms with Crippen LogP contribution in [0.25, 0.3) is 0 Å². The van der Waals surface area contributed by atoms with Gasteiger partial charge in [-0.1, -0.05) is 13.8 Å². The van der Waals surface area contributed by atoms with Gasteiger partial charge in [-0.25, -0.2) is 0 Å². The quantitative estimate of drug-likeness (QED) is 0.628. The number of carbonyl (C=O) groups excluding carboxylic acids is 2. The molecule has 0 aromatic heterocycles. The van der Waals surface area contributed by atoms with E-state index in [0.717, 1.165) is 0 Å². The fourth-order valence-electron chi connectivity index (χ4n) is 1.55. The van der Waals surface area contributed by atoms with Crippen molar-refractivity contribution in [2.75, 3.05) is 33.9 Å². The maximum Gasteiger partial charge on any atom is 0.319 e. The number of carbonyl (C=O) groups is 2. The van der Waals surface area contributed by atoms with Crippen LogP contribution in [-0.2, 0) is 19.1 Å². The molecular weight excluding hydrogens is 238 g/mol. The lowest BCUT2D eigenvalue weighted by molar-refractivity contribution is -0.147. The second-order valence-electron chi connectivity index (χ2n) is 4.23. The minimum atomic E-state index is -0.915. The SMILES string of the molecule is CCC(O)(CC)CN(CC(=O)OC)CC(=O)OC. The van der Waals surface area contributed by atoms with Gasteiger partial charge in [-0.3, -0.25) is 14.5 Å². The van der Waals surface area contributed by atoms with Crippen molar-refractivity contribution >= 4 is 11.9 Å². The molecule has 0 atom stereocenters. The van der Waals surface area contributed by atoms with Gasteiger partial charge in [0.15, 0.2) is 0 Å². The van der Waals surface area contributed by atoms with E-state index in [-0.39, 0.29) is 19.6 Å². The molecular formula is C12H23NO5. The first-order chi connectivity index (χ1) is 8.40. The Balaban J connectivity index is 4.64. The van der Waals surface area contributed by atoms with Crippen molar-refractivity contribution in [3.63, 3.8) is 0 Å². The number of esters is 2. The summed E-state index contributed by atoms with van der Waals surface area (Å²) in [5.41, 5.74) is -0.915. The first-order valence-corrected chi connectivity index (χ1v) is 5.99. The summed E-state index contributed by atoms with van der Waals surface area (Å²) in [5.74, 6) is -0.901. The minimum absolute atomic E-state index is 0.0477. The Bertz CT molecular complexity index is 258. The van der Waals surface area contributed by atoms with E-state index in [1.54, 1.807) is 0 Å². The van der Waals surface area contributed by atoms with Crippen LogP contribution in [0.5, 0.6) is 0 Å². The van der Waals surface area contributed by atoms with Gasteiger partial charge in [0.2, 0.25) is 0 Å². The second-order valence-corrected chi connectivity index (χ2v) is 4.23. The number of methoxy groups -OCH3 is 2. The molecule has 0 aromatic carbocycles. The van der Waals surface area contributed by atoms with Crippen molar-refractivity contribution in [3.05, 3.63) is 0 Å². The fourth-order valence-corrected chi connectivity index (χ4v) is 1.55. The largest absolute Gasteiger partial charge is 0.468 e. The van der Waals surface area contributed by atoms with E-state index < -0.39 is 17.5 Å². The minimum Gasteiger partial charge on any atom is -0.468 e. The van der Waals surface area contributed by atoms with Crippen LogP contribution in [0.1, 0.15) is 26.7 Å². The first kappa shape index (κ1) is 16.9. The third-order valence-electron chi connectivity index (χ3n) is 2.99. The molecule has 0 aromatic rings. The smallest absolute Gasteiger partial charge is 0.319 e. The molecule has 0 aliphatic rings. The Hall–Kier alpha value is -1.14. The lowest BCUT2D eigenvalue weighted by Crippen LogP contribution is -2.46. The van der Waals surface area contributed by atoms with Crippen LogP contribution >= 0.6 is 0 Å². The summed E-state index contributed by atoms with van der Waals surface area (Å²) in [6, 6.07) is 0. The summed E-state index contributed by atoms with van der Waals surface area (Å²) >= 11 is 0. The Kier molecular flexibility index (Phi) is 7.54. The van der Waals surface area contributed by atoms with Gasteiger partial charge in [0.05, 0.1) is 32.9 Å². The molecule has 0 amide bonds. The van der Waals surface area contributed by atoms with Gasteiger partial charge in [0.1, 0.15) is 0 Å². The van der Waals surface area contributed by atoms with Gasteiger partial charge in [-0.05, 0) is 12.8 Å². The molecule has 0 rings (SSSR count). The molecule has 0 spiro atoms. The number of ether oxygens (including phenoxy) is 2. The van der Waals surface area contributed by atoms with E-state index in [1.807, 2.05) is 13.8 Å². The zero-order valence-electron chi connectivity index (χ0n) is 11.6. The number of rotatable bonds is 8. The molecule has 0 saturated heterocycles. The van der Waals surface area contributed by atoms with Crippen molar-refractivity contribution in [3.8, 4) is 0 Å². The Morgan fingerprint density at radius 3 is 1.72 bits per heavy atom. The van der Waals surface area contributed by atoms with Crippen molar-refractivity contribution in [2.45, 2.75) is 32.3 Å². The van der Waals surface area contributed by atoms with E-state index in [4.69, 9.17) is 0 Å². The first-order valence-electron chi connectivity index (χ1n) is 5.99. The van der Waals surface area contributed by atoms with E-state index in [2.05, 4.69) is 9.47 Å². The second kappa shape index (κ2) is 8.05. The molecule has 106 valence electrons. The topological polar surface area (TPSA) is 76.1 Å². The molecule has 6 heteroatoms. The Morgan fingerprint density at radius 2 is 1.44 bits per heavy atom. The maximum absolute atomic E-state index is 11.3. The van der Waals surface area contributed by atoms with Crippen LogP contribution in [0.15, 0.2) is 0 Å². The Morgan fingerprint density at radius 1 is 1.06 bits per heavy atom. The summed E-state index contributed by atoms with van der Waals surface area (Å²) in [7, 11) is 2.56. The average Bonchev–Trinajstić information content (AvgIpc) is 2.37. The molecule has 0 radical (unpaired) electrons.